The van der Waals surface area contributed by atoms with Gasteiger partial charge < -0.3 is 10.1 Å². The Hall–Kier alpha value is -0.770. The zero-order valence-electron chi connectivity index (χ0n) is 13.7. The largest absolute Gasteiger partial charge is 0.444 e. The van der Waals surface area contributed by atoms with E-state index in [1.54, 1.807) is 0 Å². The third-order valence-corrected chi connectivity index (χ3v) is 4.74. The first-order valence-electron chi connectivity index (χ1n) is 7.90. The number of nitrogens with one attached hydrogen (secondary N) is 1. The number of carbonyl (C=O) groups excluding carboxylic acids is 1. The van der Waals surface area contributed by atoms with E-state index in [-0.39, 0.29) is 11.8 Å². The summed E-state index contributed by atoms with van der Waals surface area (Å²) in [5.41, 5.74) is -0.670. The fourth-order valence-electron chi connectivity index (χ4n) is 3.33. The van der Waals surface area contributed by atoms with E-state index >= 15 is 0 Å². The van der Waals surface area contributed by atoms with Crippen LogP contribution in [0.4, 0.5) is 4.79 Å². The van der Waals surface area contributed by atoms with Gasteiger partial charge in [0.05, 0.1) is 5.66 Å². The molecule has 4 heteroatoms. The Morgan fingerprint density at radius 1 is 1.10 bits per heavy atom. The van der Waals surface area contributed by atoms with Crippen LogP contribution in [0.25, 0.3) is 0 Å². The molecule has 4 nitrogen and oxygen atoms in total. The maximum absolute atomic E-state index is 12.1. The fraction of sp³-hybridized carbons (Fsp3) is 0.938. The van der Waals surface area contributed by atoms with Crippen LogP contribution >= 0.6 is 0 Å². The Bertz CT molecular complexity index is 348. The van der Waals surface area contributed by atoms with Crippen LogP contribution in [0.15, 0.2) is 0 Å². The van der Waals surface area contributed by atoms with Gasteiger partial charge in [0.25, 0.3) is 0 Å². The van der Waals surface area contributed by atoms with Crippen LogP contribution in [0, 0.1) is 11.8 Å². The Morgan fingerprint density at radius 3 is 2.00 bits per heavy atom. The number of hydrogen-bond acceptors (Lipinski definition) is 3. The first-order chi connectivity index (χ1) is 9.22. The van der Waals surface area contributed by atoms with Gasteiger partial charge in [-0.25, -0.2) is 4.79 Å². The minimum Gasteiger partial charge on any atom is -0.444 e. The van der Waals surface area contributed by atoms with E-state index in [0.717, 1.165) is 24.7 Å². The summed E-state index contributed by atoms with van der Waals surface area (Å²) in [6, 6.07) is 0. The maximum Gasteiger partial charge on any atom is 0.409 e. The van der Waals surface area contributed by atoms with Gasteiger partial charge in [-0.1, -0.05) is 0 Å². The monoisotopic (exact) mass is 282 g/mol. The standard InChI is InChI=1S/C16H30N2O2/c1-15(2,3)20-14(19)17-16(18(4)5)10-8-13(9-11-16)12-6-7-12/h12-13H,6-11H2,1-5H3,(H,17,19). The minimum absolute atomic E-state index is 0.228. The quantitative estimate of drug-likeness (QED) is 0.807. The summed E-state index contributed by atoms with van der Waals surface area (Å²) in [5, 5.41) is 3.13. The molecule has 0 atom stereocenters. The van der Waals surface area contributed by atoms with Gasteiger partial charge in [0.1, 0.15) is 5.60 Å². The van der Waals surface area contributed by atoms with E-state index < -0.39 is 5.60 Å². The van der Waals surface area contributed by atoms with Crippen LogP contribution in [0.5, 0.6) is 0 Å². The molecule has 0 heterocycles. The molecule has 2 rings (SSSR count). The molecule has 2 aliphatic carbocycles. The molecular weight excluding hydrogens is 252 g/mol. The molecule has 20 heavy (non-hydrogen) atoms. The number of amides is 1. The van der Waals surface area contributed by atoms with Gasteiger partial charge in [-0.3, -0.25) is 4.90 Å². The van der Waals surface area contributed by atoms with E-state index in [4.69, 9.17) is 4.74 Å². The average Bonchev–Trinajstić information content (AvgIpc) is 3.10. The molecule has 0 aromatic carbocycles. The molecule has 2 fully saturated rings. The molecule has 0 radical (unpaired) electrons. The minimum atomic E-state index is -0.442. The Labute approximate surface area is 123 Å². The lowest BCUT2D eigenvalue weighted by molar-refractivity contribution is 0.00823. The molecule has 116 valence electrons. The van der Waals surface area contributed by atoms with Crippen LogP contribution in [-0.2, 0) is 4.74 Å². The van der Waals surface area contributed by atoms with Gasteiger partial charge in [0.2, 0.25) is 0 Å². The average molecular weight is 282 g/mol. The molecule has 0 spiro atoms. The molecule has 0 saturated heterocycles. The lowest BCUT2D eigenvalue weighted by Gasteiger charge is -2.45. The number of rotatable bonds is 3. The Kier molecular flexibility index (Phi) is 4.33. The second-order valence-corrected chi connectivity index (χ2v) is 7.73. The molecule has 0 aromatic rings. The molecule has 0 aliphatic heterocycles. The van der Waals surface area contributed by atoms with Crippen molar-refractivity contribution in [1.82, 2.24) is 10.2 Å². The molecule has 2 saturated carbocycles. The zero-order chi connectivity index (χ0) is 15.0. The predicted molar refractivity (Wildman–Crippen MR) is 80.5 cm³/mol. The summed E-state index contributed by atoms with van der Waals surface area (Å²) < 4.78 is 5.43. The number of alkyl carbamates (subject to hydrolysis) is 1. The highest BCUT2D eigenvalue weighted by molar-refractivity contribution is 5.68. The van der Waals surface area contributed by atoms with Gasteiger partial charge in [-0.15, -0.1) is 0 Å². The van der Waals surface area contributed by atoms with Crippen molar-refractivity contribution in [2.24, 2.45) is 11.8 Å². The maximum atomic E-state index is 12.1. The predicted octanol–water partition coefficient (Wildman–Crippen LogP) is 3.37. The van der Waals surface area contributed by atoms with E-state index in [9.17, 15) is 4.79 Å². The van der Waals surface area contributed by atoms with E-state index in [1.165, 1.54) is 25.7 Å². The van der Waals surface area contributed by atoms with Crippen LogP contribution < -0.4 is 5.32 Å². The SMILES string of the molecule is CN(C)C1(NC(=O)OC(C)(C)C)CCC(C2CC2)CC1. The number of hydrogen-bond donors (Lipinski definition) is 1. The lowest BCUT2D eigenvalue weighted by atomic mass is 9.79. The summed E-state index contributed by atoms with van der Waals surface area (Å²) in [5.74, 6) is 1.85. The van der Waals surface area contributed by atoms with Crippen molar-refractivity contribution in [1.29, 1.82) is 0 Å². The highest BCUT2D eigenvalue weighted by Gasteiger charge is 2.43. The van der Waals surface area contributed by atoms with Crippen LogP contribution in [0.1, 0.15) is 59.3 Å². The van der Waals surface area contributed by atoms with Crippen LogP contribution in [-0.4, -0.2) is 36.4 Å². The molecule has 0 bridgehead atoms. The van der Waals surface area contributed by atoms with E-state index in [1.807, 2.05) is 20.8 Å². The van der Waals surface area contributed by atoms with Gasteiger partial charge in [-0.05, 0) is 85.2 Å². The third kappa shape index (κ3) is 3.87. The van der Waals surface area contributed by atoms with Crippen molar-refractivity contribution in [2.75, 3.05) is 14.1 Å². The highest BCUT2D eigenvalue weighted by atomic mass is 16.6. The summed E-state index contributed by atoms with van der Waals surface area (Å²) in [6.45, 7) is 5.71. The first kappa shape index (κ1) is 15.6. The second-order valence-electron chi connectivity index (χ2n) is 7.73. The zero-order valence-corrected chi connectivity index (χ0v) is 13.7. The van der Waals surface area contributed by atoms with Gasteiger partial charge in [-0.2, -0.15) is 0 Å². The molecule has 2 aliphatic rings. The molecule has 1 amide bonds. The lowest BCUT2D eigenvalue weighted by Crippen LogP contribution is -2.60. The summed E-state index contributed by atoms with van der Waals surface area (Å²) >= 11 is 0. The van der Waals surface area contributed by atoms with Crippen molar-refractivity contribution in [2.45, 2.75) is 70.6 Å². The van der Waals surface area contributed by atoms with Gasteiger partial charge in [0.15, 0.2) is 0 Å². The van der Waals surface area contributed by atoms with Crippen molar-refractivity contribution in [3.63, 3.8) is 0 Å². The normalized spacial score (nSPS) is 31.2. The van der Waals surface area contributed by atoms with Crippen molar-refractivity contribution in [3.05, 3.63) is 0 Å². The number of nitrogens with zero attached hydrogens (tertiary/aromatic N) is 1. The molecule has 0 unspecified atom stereocenters. The summed E-state index contributed by atoms with van der Waals surface area (Å²) in [4.78, 5) is 14.3. The Morgan fingerprint density at radius 2 is 1.60 bits per heavy atom. The molecule has 0 aromatic heterocycles. The fourth-order valence-corrected chi connectivity index (χ4v) is 3.33. The number of ether oxygens (including phenoxy) is 1. The Balaban J connectivity index is 1.94. The van der Waals surface area contributed by atoms with Crippen LogP contribution in [0.3, 0.4) is 0 Å². The molecule has 1 N–H and O–H groups in total. The third-order valence-electron chi connectivity index (χ3n) is 4.74. The summed E-state index contributed by atoms with van der Waals surface area (Å²) in [7, 11) is 4.10. The van der Waals surface area contributed by atoms with Gasteiger partial charge >= 0.3 is 6.09 Å². The smallest absolute Gasteiger partial charge is 0.409 e. The topological polar surface area (TPSA) is 41.6 Å². The van der Waals surface area contributed by atoms with E-state index in [2.05, 4.69) is 24.3 Å². The first-order valence-corrected chi connectivity index (χ1v) is 7.90. The summed E-state index contributed by atoms with van der Waals surface area (Å²) in [6.07, 6.45) is 7.03. The molecular formula is C16H30N2O2. The van der Waals surface area contributed by atoms with Crippen molar-refractivity contribution in [3.8, 4) is 0 Å². The van der Waals surface area contributed by atoms with Gasteiger partial charge in [0, 0.05) is 0 Å². The van der Waals surface area contributed by atoms with Crippen molar-refractivity contribution >= 4 is 6.09 Å². The van der Waals surface area contributed by atoms with Crippen LogP contribution in [0.2, 0.25) is 0 Å². The van der Waals surface area contributed by atoms with E-state index in [0.29, 0.717) is 0 Å². The highest BCUT2D eigenvalue weighted by Crippen LogP contribution is 2.46. The van der Waals surface area contributed by atoms with Crippen molar-refractivity contribution < 1.29 is 9.53 Å². The number of carbonyl (C=O) groups is 1. The second kappa shape index (κ2) is 5.55.